The molecule has 1 aliphatic heterocycles. The number of rotatable bonds is 5. The molecule has 0 radical (unpaired) electrons. The zero-order chi connectivity index (χ0) is 19.6. The number of hydrogen-bond acceptors (Lipinski definition) is 4. The molecule has 0 spiro atoms. The number of aromatic nitrogens is 3. The fourth-order valence-electron chi connectivity index (χ4n) is 4.16. The first-order valence-corrected chi connectivity index (χ1v) is 11.7. The summed E-state index contributed by atoms with van der Waals surface area (Å²) in [6.45, 7) is 3.35. The van der Waals surface area contributed by atoms with Crippen molar-refractivity contribution in [3.63, 3.8) is 0 Å². The third kappa shape index (κ3) is 4.29. The van der Waals surface area contributed by atoms with Crippen LogP contribution in [-0.2, 0) is 13.0 Å². The van der Waals surface area contributed by atoms with Gasteiger partial charge in [-0.2, -0.15) is 0 Å². The highest BCUT2D eigenvalue weighted by Gasteiger charge is 2.21. The lowest BCUT2D eigenvalue weighted by Gasteiger charge is -2.31. The van der Waals surface area contributed by atoms with Gasteiger partial charge in [-0.1, -0.05) is 69.7 Å². The van der Waals surface area contributed by atoms with E-state index >= 15 is 0 Å². The van der Waals surface area contributed by atoms with Crippen LogP contribution in [0, 0.1) is 5.92 Å². The van der Waals surface area contributed by atoms with Crippen LogP contribution in [0.3, 0.4) is 0 Å². The first-order chi connectivity index (χ1) is 14.2. The van der Waals surface area contributed by atoms with Gasteiger partial charge < -0.3 is 0 Å². The summed E-state index contributed by atoms with van der Waals surface area (Å²) in [5.41, 5.74) is 2.55. The summed E-state index contributed by atoms with van der Waals surface area (Å²) in [4.78, 5) is 4.90. The van der Waals surface area contributed by atoms with Gasteiger partial charge in [0.1, 0.15) is 0 Å². The minimum absolute atomic E-state index is 0.807. The Morgan fingerprint density at radius 3 is 2.62 bits per heavy atom. The van der Waals surface area contributed by atoms with Gasteiger partial charge in [0, 0.05) is 27.7 Å². The fraction of sp³-hybridized carbons (Fsp3) is 0.304. The number of likely N-dealkylation sites (tertiary alicyclic amines) is 1. The molecule has 3 heterocycles. The van der Waals surface area contributed by atoms with Gasteiger partial charge in [0.25, 0.3) is 0 Å². The molecule has 1 aliphatic rings. The molecular weight excluding hydrogens is 444 g/mol. The Balaban J connectivity index is 1.24. The highest BCUT2D eigenvalue weighted by Crippen LogP contribution is 2.28. The Kier molecular flexibility index (Phi) is 5.48. The summed E-state index contributed by atoms with van der Waals surface area (Å²) < 4.78 is 3.18. The molecule has 0 bridgehead atoms. The van der Waals surface area contributed by atoms with Crippen LogP contribution in [0.5, 0.6) is 0 Å². The Morgan fingerprint density at radius 2 is 1.83 bits per heavy atom. The van der Waals surface area contributed by atoms with Gasteiger partial charge in [0.05, 0.1) is 0 Å². The molecule has 4 aromatic rings. The van der Waals surface area contributed by atoms with Crippen molar-refractivity contribution in [1.82, 2.24) is 19.5 Å². The van der Waals surface area contributed by atoms with Crippen molar-refractivity contribution in [3.8, 4) is 11.4 Å². The van der Waals surface area contributed by atoms with Gasteiger partial charge in [0.15, 0.2) is 5.82 Å². The molecular formula is C23H23BrN4S. The smallest absolute Gasteiger partial charge is 0.216 e. The van der Waals surface area contributed by atoms with Crippen molar-refractivity contribution in [2.75, 3.05) is 13.1 Å². The second-order valence-electron chi connectivity index (χ2n) is 7.79. The van der Waals surface area contributed by atoms with E-state index in [-0.39, 0.29) is 0 Å². The van der Waals surface area contributed by atoms with Crippen molar-refractivity contribution >= 4 is 32.2 Å². The standard InChI is InChI=1S/C23H23BrN4S/c24-20-8-4-7-19(14-20)22-25-26-23-28(22)16-21(29-23)15-27-11-9-18(10-12-27)13-17-5-2-1-3-6-17/h1-8,14,16,18H,9-13,15H2. The van der Waals surface area contributed by atoms with Crippen molar-refractivity contribution < 1.29 is 0 Å². The van der Waals surface area contributed by atoms with E-state index in [4.69, 9.17) is 0 Å². The summed E-state index contributed by atoms with van der Waals surface area (Å²) in [5.74, 6) is 1.71. The Morgan fingerprint density at radius 1 is 1.00 bits per heavy atom. The molecule has 4 nitrogen and oxygen atoms in total. The number of thiazole rings is 1. The second kappa shape index (κ2) is 8.38. The quantitative estimate of drug-likeness (QED) is 0.379. The van der Waals surface area contributed by atoms with E-state index in [1.165, 1.54) is 42.8 Å². The predicted molar refractivity (Wildman–Crippen MR) is 122 cm³/mol. The Labute approximate surface area is 183 Å². The van der Waals surface area contributed by atoms with E-state index in [2.05, 4.69) is 84.1 Å². The van der Waals surface area contributed by atoms with E-state index < -0.39 is 0 Å². The lowest BCUT2D eigenvalue weighted by molar-refractivity contribution is 0.178. The van der Waals surface area contributed by atoms with Crippen LogP contribution < -0.4 is 0 Å². The molecule has 0 atom stereocenters. The van der Waals surface area contributed by atoms with Crippen LogP contribution in [-0.4, -0.2) is 32.6 Å². The fourth-order valence-corrected chi connectivity index (χ4v) is 5.52. The number of nitrogens with zero attached hydrogens (tertiary/aromatic N) is 4. The van der Waals surface area contributed by atoms with Gasteiger partial charge >= 0.3 is 0 Å². The summed E-state index contributed by atoms with van der Waals surface area (Å²) in [7, 11) is 0. The number of benzene rings is 2. The predicted octanol–water partition coefficient (Wildman–Crippen LogP) is 5.68. The molecule has 0 saturated carbocycles. The molecule has 0 amide bonds. The largest absolute Gasteiger partial charge is 0.298 e. The number of fused-ring (bicyclic) bond motifs is 1. The summed E-state index contributed by atoms with van der Waals surface area (Å²) in [5, 5.41) is 8.79. The monoisotopic (exact) mass is 466 g/mol. The molecule has 1 fully saturated rings. The first-order valence-electron chi connectivity index (χ1n) is 10.1. The van der Waals surface area contributed by atoms with Gasteiger partial charge in [-0.15, -0.1) is 10.2 Å². The first kappa shape index (κ1) is 19.0. The molecule has 0 unspecified atom stereocenters. The van der Waals surface area contributed by atoms with Crippen LogP contribution in [0.1, 0.15) is 23.3 Å². The lowest BCUT2D eigenvalue weighted by atomic mass is 9.90. The van der Waals surface area contributed by atoms with Crippen LogP contribution in [0.4, 0.5) is 0 Å². The zero-order valence-corrected chi connectivity index (χ0v) is 18.6. The molecule has 148 valence electrons. The summed E-state index contributed by atoms with van der Waals surface area (Å²) >= 11 is 5.30. The third-order valence-electron chi connectivity index (χ3n) is 5.70. The number of hydrogen-bond donors (Lipinski definition) is 0. The second-order valence-corrected chi connectivity index (χ2v) is 9.80. The van der Waals surface area contributed by atoms with E-state index in [0.29, 0.717) is 0 Å². The zero-order valence-electron chi connectivity index (χ0n) is 16.2. The molecule has 5 rings (SSSR count). The van der Waals surface area contributed by atoms with E-state index in [9.17, 15) is 0 Å². The highest BCUT2D eigenvalue weighted by atomic mass is 79.9. The van der Waals surface area contributed by atoms with Crippen LogP contribution in [0.25, 0.3) is 16.3 Å². The Bertz CT molecular complexity index is 1100. The van der Waals surface area contributed by atoms with Crippen molar-refractivity contribution in [2.45, 2.75) is 25.8 Å². The molecule has 2 aromatic heterocycles. The van der Waals surface area contributed by atoms with E-state index in [0.717, 1.165) is 33.3 Å². The van der Waals surface area contributed by atoms with Crippen LogP contribution in [0.2, 0.25) is 0 Å². The van der Waals surface area contributed by atoms with Gasteiger partial charge in [-0.05, 0) is 56.0 Å². The molecule has 0 N–H and O–H groups in total. The maximum absolute atomic E-state index is 4.40. The summed E-state index contributed by atoms with van der Waals surface area (Å²) in [6, 6.07) is 19.1. The molecule has 6 heteroatoms. The lowest BCUT2D eigenvalue weighted by Crippen LogP contribution is -2.33. The topological polar surface area (TPSA) is 33.4 Å². The van der Waals surface area contributed by atoms with Crippen molar-refractivity contribution in [1.29, 1.82) is 0 Å². The average Bonchev–Trinajstić information content (AvgIpc) is 3.30. The van der Waals surface area contributed by atoms with Crippen molar-refractivity contribution in [3.05, 3.63) is 75.7 Å². The van der Waals surface area contributed by atoms with Crippen LogP contribution in [0.15, 0.2) is 65.3 Å². The summed E-state index contributed by atoms with van der Waals surface area (Å²) in [6.07, 6.45) is 5.99. The molecule has 1 saturated heterocycles. The minimum atomic E-state index is 0.807. The minimum Gasteiger partial charge on any atom is -0.298 e. The molecule has 29 heavy (non-hydrogen) atoms. The van der Waals surface area contributed by atoms with Gasteiger partial charge in [0.2, 0.25) is 4.96 Å². The maximum atomic E-state index is 4.40. The van der Waals surface area contributed by atoms with Crippen molar-refractivity contribution in [2.24, 2.45) is 5.92 Å². The third-order valence-corrected chi connectivity index (χ3v) is 7.15. The maximum Gasteiger partial charge on any atom is 0.216 e. The normalized spacial score (nSPS) is 15.9. The average molecular weight is 467 g/mol. The Hall–Kier alpha value is -2.02. The molecule has 2 aromatic carbocycles. The van der Waals surface area contributed by atoms with Gasteiger partial charge in [-0.25, -0.2) is 0 Å². The highest BCUT2D eigenvalue weighted by molar-refractivity contribution is 9.10. The van der Waals surface area contributed by atoms with Gasteiger partial charge in [-0.3, -0.25) is 9.30 Å². The molecule has 0 aliphatic carbocycles. The van der Waals surface area contributed by atoms with E-state index in [1.54, 1.807) is 11.3 Å². The van der Waals surface area contributed by atoms with E-state index in [1.807, 2.05) is 12.1 Å². The van der Waals surface area contributed by atoms with Crippen LogP contribution >= 0.6 is 27.3 Å². The number of piperidine rings is 1. The number of halogens is 1. The SMILES string of the molecule is Brc1cccc(-c2nnc3sc(CN4CCC(Cc5ccccc5)CC4)cn23)c1.